The normalized spacial score (nSPS) is 16.3. The van der Waals surface area contributed by atoms with Gasteiger partial charge in [-0.25, -0.2) is 9.59 Å². The maximum atomic E-state index is 12.0. The average molecular weight is 381 g/mol. The van der Waals surface area contributed by atoms with E-state index in [-0.39, 0.29) is 5.92 Å². The van der Waals surface area contributed by atoms with E-state index in [0.29, 0.717) is 17.0 Å². The number of alkyl halides is 3. The number of aryl methyl sites for hydroxylation is 1. The fourth-order valence-electron chi connectivity index (χ4n) is 2.49. The second kappa shape index (κ2) is 8.32. The first-order chi connectivity index (χ1) is 11.5. The van der Waals surface area contributed by atoms with Crippen molar-refractivity contribution in [2.24, 2.45) is 5.73 Å². The lowest BCUT2D eigenvalue weighted by molar-refractivity contribution is -0.192. The molecule has 0 aromatic carbocycles. The van der Waals surface area contributed by atoms with E-state index in [2.05, 4.69) is 6.92 Å². The Hall–Kier alpha value is -2.10. The van der Waals surface area contributed by atoms with Crippen molar-refractivity contribution in [3.63, 3.8) is 0 Å². The van der Waals surface area contributed by atoms with Gasteiger partial charge in [0.25, 0.3) is 5.91 Å². The predicted molar refractivity (Wildman–Crippen MR) is 83.8 cm³/mol. The van der Waals surface area contributed by atoms with Crippen molar-refractivity contribution in [3.8, 4) is 0 Å². The van der Waals surface area contributed by atoms with Gasteiger partial charge in [0.15, 0.2) is 0 Å². The number of hydrogen-bond donors (Lipinski definition) is 2. The number of carboxylic acids is 1. The molecule has 2 rings (SSSR count). The second-order valence-corrected chi connectivity index (χ2v) is 6.43. The summed E-state index contributed by atoms with van der Waals surface area (Å²) in [6.07, 6.45) is -2.03. The van der Waals surface area contributed by atoms with Crippen LogP contribution in [0.3, 0.4) is 0 Å². The predicted octanol–water partition coefficient (Wildman–Crippen LogP) is 3.10. The number of hydrogen-bond acceptors (Lipinski definition) is 5. The molecule has 0 aliphatic heterocycles. The topological polar surface area (TPSA) is 107 Å². The molecule has 1 heterocycles. The number of nitrogens with two attached hydrogens (primary N) is 1. The van der Waals surface area contributed by atoms with Crippen LogP contribution in [0.1, 0.15) is 63.1 Å². The van der Waals surface area contributed by atoms with Crippen LogP contribution in [0.5, 0.6) is 0 Å². The third-order valence-electron chi connectivity index (χ3n) is 3.50. The lowest BCUT2D eigenvalue weighted by Gasteiger charge is -2.19. The van der Waals surface area contributed by atoms with Gasteiger partial charge < -0.3 is 15.6 Å². The van der Waals surface area contributed by atoms with Crippen LogP contribution < -0.4 is 5.73 Å². The number of halogens is 3. The molecule has 0 saturated carbocycles. The third kappa shape index (κ3) is 5.18. The van der Waals surface area contributed by atoms with Gasteiger partial charge in [-0.1, -0.05) is 6.92 Å². The third-order valence-corrected chi connectivity index (χ3v) is 4.78. The summed E-state index contributed by atoms with van der Waals surface area (Å²) < 4.78 is 36.8. The molecule has 0 fully saturated rings. The number of thiophene rings is 1. The summed E-state index contributed by atoms with van der Waals surface area (Å²) >= 11 is 1.35. The van der Waals surface area contributed by atoms with Crippen molar-refractivity contribution in [1.29, 1.82) is 0 Å². The number of carbonyl (C=O) groups is 3. The first kappa shape index (κ1) is 20.9. The van der Waals surface area contributed by atoms with E-state index < -0.39 is 24.0 Å². The number of fused-ring (bicyclic) bond motifs is 1. The Labute approximate surface area is 145 Å². The largest absolute Gasteiger partial charge is 0.490 e. The maximum Gasteiger partial charge on any atom is 0.490 e. The second-order valence-electron chi connectivity index (χ2n) is 5.32. The highest BCUT2D eigenvalue weighted by atomic mass is 32.1. The number of rotatable bonds is 3. The minimum absolute atomic E-state index is 0.289. The Morgan fingerprint density at radius 2 is 1.92 bits per heavy atom. The molecular formula is C15H18F3NO5S. The van der Waals surface area contributed by atoms with Gasteiger partial charge in [0.05, 0.1) is 12.2 Å². The minimum atomic E-state index is -5.08. The Morgan fingerprint density at radius 3 is 2.36 bits per heavy atom. The van der Waals surface area contributed by atoms with Gasteiger partial charge in [-0.15, -0.1) is 11.3 Å². The van der Waals surface area contributed by atoms with Crippen LogP contribution in [0.2, 0.25) is 0 Å². The number of carboxylic acid groups (broad SMARTS) is 1. The summed E-state index contributed by atoms with van der Waals surface area (Å²) in [6, 6.07) is 0. The summed E-state index contributed by atoms with van der Waals surface area (Å²) in [5.41, 5.74) is 6.77. The van der Waals surface area contributed by atoms with E-state index in [1.807, 2.05) is 0 Å². The molecule has 6 nitrogen and oxygen atoms in total. The summed E-state index contributed by atoms with van der Waals surface area (Å²) in [6.45, 7) is 4.14. The zero-order chi connectivity index (χ0) is 19.4. The molecule has 0 saturated heterocycles. The van der Waals surface area contributed by atoms with E-state index >= 15 is 0 Å². The molecule has 1 unspecified atom stereocenters. The summed E-state index contributed by atoms with van der Waals surface area (Å²) in [4.78, 5) is 33.9. The van der Waals surface area contributed by atoms with E-state index in [0.717, 1.165) is 29.7 Å². The molecule has 10 heteroatoms. The van der Waals surface area contributed by atoms with Gasteiger partial charge in [0, 0.05) is 4.88 Å². The Kier molecular flexibility index (Phi) is 6.97. The van der Waals surface area contributed by atoms with Gasteiger partial charge in [-0.05, 0) is 37.7 Å². The first-order valence-electron chi connectivity index (χ1n) is 7.43. The molecule has 1 aliphatic rings. The zero-order valence-corrected chi connectivity index (χ0v) is 14.4. The van der Waals surface area contributed by atoms with Crippen LogP contribution in [0.15, 0.2) is 0 Å². The van der Waals surface area contributed by atoms with E-state index in [4.69, 9.17) is 20.4 Å². The van der Waals surface area contributed by atoms with Crippen molar-refractivity contribution >= 4 is 29.2 Å². The fourth-order valence-corrected chi connectivity index (χ4v) is 3.79. The van der Waals surface area contributed by atoms with Gasteiger partial charge in [-0.3, -0.25) is 4.79 Å². The Bertz CT molecular complexity index is 669. The number of ether oxygens (including phenoxy) is 1. The van der Waals surface area contributed by atoms with Crippen molar-refractivity contribution in [2.45, 2.75) is 45.2 Å². The van der Waals surface area contributed by atoms with Gasteiger partial charge in [0.2, 0.25) is 0 Å². The van der Waals surface area contributed by atoms with Crippen LogP contribution in [-0.4, -0.2) is 35.7 Å². The lowest BCUT2D eigenvalue weighted by Crippen LogP contribution is -2.21. The van der Waals surface area contributed by atoms with Crippen molar-refractivity contribution in [2.75, 3.05) is 6.61 Å². The molecular weight excluding hydrogens is 363 g/mol. The molecule has 140 valence electrons. The van der Waals surface area contributed by atoms with E-state index in [1.54, 1.807) is 6.92 Å². The SMILES string of the molecule is CCOC(=O)c1c(C(N)=O)sc2c1C(C)CCC2.O=C(O)C(F)(F)F. The van der Waals surface area contributed by atoms with Crippen molar-refractivity contribution in [3.05, 3.63) is 20.9 Å². The highest BCUT2D eigenvalue weighted by Gasteiger charge is 2.38. The van der Waals surface area contributed by atoms with Crippen molar-refractivity contribution < 1.29 is 37.4 Å². The summed E-state index contributed by atoms with van der Waals surface area (Å²) in [5, 5.41) is 7.12. The molecule has 1 amide bonds. The molecule has 1 aromatic rings. The number of esters is 1. The molecule has 1 aromatic heterocycles. The number of amides is 1. The molecule has 1 atom stereocenters. The number of carbonyl (C=O) groups excluding carboxylic acids is 2. The molecule has 0 spiro atoms. The van der Waals surface area contributed by atoms with Crippen LogP contribution in [0, 0.1) is 0 Å². The van der Waals surface area contributed by atoms with Crippen LogP contribution >= 0.6 is 11.3 Å². The minimum Gasteiger partial charge on any atom is -0.475 e. The highest BCUT2D eigenvalue weighted by molar-refractivity contribution is 7.14. The standard InChI is InChI=1S/C13H17NO3S.C2HF3O2/c1-3-17-13(16)10-9-7(2)5-4-6-8(9)18-11(10)12(14)15;3-2(4,5)1(6)7/h7H,3-6H2,1-2H3,(H2,14,15);(H,6,7). The monoisotopic (exact) mass is 381 g/mol. The Morgan fingerprint density at radius 1 is 1.36 bits per heavy atom. The molecule has 1 aliphatic carbocycles. The van der Waals surface area contributed by atoms with E-state index in [1.165, 1.54) is 11.3 Å². The Balaban J connectivity index is 0.000000381. The van der Waals surface area contributed by atoms with Crippen molar-refractivity contribution in [1.82, 2.24) is 0 Å². The summed E-state index contributed by atoms with van der Waals surface area (Å²) in [7, 11) is 0. The summed E-state index contributed by atoms with van der Waals surface area (Å²) in [5.74, 6) is -3.42. The smallest absolute Gasteiger partial charge is 0.475 e. The van der Waals surface area contributed by atoms with Gasteiger partial charge in [0.1, 0.15) is 4.88 Å². The highest BCUT2D eigenvalue weighted by Crippen LogP contribution is 2.40. The fraction of sp³-hybridized carbons (Fsp3) is 0.533. The molecule has 3 N–H and O–H groups in total. The molecule has 0 bridgehead atoms. The van der Waals surface area contributed by atoms with Gasteiger partial charge >= 0.3 is 18.1 Å². The quantitative estimate of drug-likeness (QED) is 0.783. The lowest BCUT2D eigenvalue weighted by atomic mass is 9.86. The first-order valence-corrected chi connectivity index (χ1v) is 8.24. The molecule has 0 radical (unpaired) electrons. The van der Waals surface area contributed by atoms with Crippen LogP contribution in [0.25, 0.3) is 0 Å². The maximum absolute atomic E-state index is 12.0. The van der Waals surface area contributed by atoms with Crippen LogP contribution in [-0.2, 0) is 16.0 Å². The molecule has 25 heavy (non-hydrogen) atoms. The van der Waals surface area contributed by atoms with E-state index in [9.17, 15) is 22.8 Å². The number of aliphatic carboxylic acids is 1. The van der Waals surface area contributed by atoms with Crippen LogP contribution in [0.4, 0.5) is 13.2 Å². The zero-order valence-electron chi connectivity index (χ0n) is 13.6. The average Bonchev–Trinajstić information content (AvgIpc) is 2.88. The van der Waals surface area contributed by atoms with Gasteiger partial charge in [-0.2, -0.15) is 13.2 Å². The number of primary amides is 1.